The third-order valence-corrected chi connectivity index (χ3v) is 5.73. The van der Waals surface area contributed by atoms with Crippen molar-refractivity contribution in [2.75, 3.05) is 5.75 Å². The SMILES string of the molecule is CC1(C)C2CCC1(CSBr)C(=O)C2. The molecule has 2 bridgehead atoms. The Kier molecular flexibility index (Phi) is 2.31. The minimum atomic E-state index is -0.00810. The lowest BCUT2D eigenvalue weighted by Gasteiger charge is -2.35. The van der Waals surface area contributed by atoms with E-state index in [4.69, 9.17) is 0 Å². The standard InChI is InChI=1S/C10H15BrOS/c1-9(2)7-3-4-10(9,6-13-11)8(12)5-7/h7H,3-6H2,1-2H3. The highest BCUT2D eigenvalue weighted by Gasteiger charge is 2.63. The number of carbonyl (C=O) groups excluding carboxylic acids is 1. The third kappa shape index (κ3) is 1.09. The van der Waals surface area contributed by atoms with Crippen LogP contribution in [0.3, 0.4) is 0 Å². The number of rotatable bonds is 2. The van der Waals surface area contributed by atoms with Crippen molar-refractivity contribution in [2.24, 2.45) is 16.7 Å². The second-order valence-corrected chi connectivity index (χ2v) is 6.80. The molecule has 74 valence electrons. The summed E-state index contributed by atoms with van der Waals surface area (Å²) in [6, 6.07) is 0. The Morgan fingerprint density at radius 1 is 1.62 bits per heavy atom. The van der Waals surface area contributed by atoms with E-state index in [9.17, 15) is 4.79 Å². The summed E-state index contributed by atoms with van der Waals surface area (Å²) >= 11 is 3.40. The number of halogens is 1. The lowest BCUT2D eigenvalue weighted by atomic mass is 9.70. The fraction of sp³-hybridized carbons (Fsp3) is 0.900. The Morgan fingerprint density at radius 3 is 2.69 bits per heavy atom. The van der Waals surface area contributed by atoms with E-state index in [1.165, 1.54) is 6.42 Å². The number of fused-ring (bicyclic) bond motifs is 2. The van der Waals surface area contributed by atoms with Gasteiger partial charge in [0.2, 0.25) is 0 Å². The van der Waals surface area contributed by atoms with Crippen LogP contribution in [0.1, 0.15) is 33.1 Å². The van der Waals surface area contributed by atoms with E-state index in [2.05, 4.69) is 28.7 Å². The van der Waals surface area contributed by atoms with E-state index in [1.807, 2.05) is 0 Å². The quantitative estimate of drug-likeness (QED) is 0.759. The van der Waals surface area contributed by atoms with E-state index in [0.717, 1.165) is 18.6 Å². The Hall–Kier alpha value is 0.500. The third-order valence-electron chi connectivity index (χ3n) is 4.44. The molecule has 2 atom stereocenters. The Morgan fingerprint density at radius 2 is 2.31 bits per heavy atom. The average molecular weight is 263 g/mol. The Labute approximate surface area is 91.2 Å². The molecule has 0 aliphatic heterocycles. The predicted molar refractivity (Wildman–Crippen MR) is 59.9 cm³/mol. The molecule has 3 heteroatoms. The summed E-state index contributed by atoms with van der Waals surface area (Å²) in [6.45, 7) is 4.55. The smallest absolute Gasteiger partial charge is 0.140 e. The van der Waals surface area contributed by atoms with Crippen LogP contribution < -0.4 is 0 Å². The molecule has 0 saturated heterocycles. The van der Waals surface area contributed by atoms with Crippen LogP contribution in [0, 0.1) is 16.7 Å². The molecule has 2 aliphatic rings. The number of carbonyl (C=O) groups is 1. The Balaban J connectivity index is 2.37. The molecule has 2 unspecified atom stereocenters. The van der Waals surface area contributed by atoms with Gasteiger partial charge in [0.1, 0.15) is 5.78 Å². The molecule has 0 aromatic heterocycles. The van der Waals surface area contributed by atoms with Crippen LogP contribution in [0.2, 0.25) is 0 Å². The maximum atomic E-state index is 11.9. The van der Waals surface area contributed by atoms with E-state index >= 15 is 0 Å². The first-order chi connectivity index (χ1) is 6.04. The van der Waals surface area contributed by atoms with Crippen LogP contribution in [-0.2, 0) is 4.79 Å². The second kappa shape index (κ2) is 2.99. The van der Waals surface area contributed by atoms with Gasteiger partial charge in [-0.05, 0) is 39.0 Å². The summed E-state index contributed by atoms with van der Waals surface area (Å²) in [5, 5.41) is 0. The lowest BCUT2D eigenvalue weighted by Crippen LogP contribution is -2.37. The highest BCUT2D eigenvalue weighted by Crippen LogP contribution is 2.64. The first kappa shape index (κ1) is 10.0. The highest BCUT2D eigenvalue weighted by molar-refractivity contribution is 9.50. The maximum absolute atomic E-state index is 11.9. The molecule has 2 rings (SSSR count). The summed E-state index contributed by atoms with van der Waals surface area (Å²) in [7, 11) is 1.65. The monoisotopic (exact) mass is 262 g/mol. The molecule has 2 fully saturated rings. The normalized spacial score (nSPS) is 41.5. The Bertz CT molecular complexity index is 251. The van der Waals surface area contributed by atoms with Crippen LogP contribution in [-0.4, -0.2) is 11.5 Å². The molecular formula is C10H15BrOS. The van der Waals surface area contributed by atoms with Gasteiger partial charge in [0.05, 0.1) is 0 Å². The van der Waals surface area contributed by atoms with Gasteiger partial charge in [0.25, 0.3) is 0 Å². The van der Waals surface area contributed by atoms with Crippen molar-refractivity contribution in [1.82, 2.24) is 0 Å². The molecule has 0 amide bonds. The van der Waals surface area contributed by atoms with Crippen molar-refractivity contribution in [1.29, 1.82) is 0 Å². The molecular weight excluding hydrogens is 248 g/mol. The lowest BCUT2D eigenvalue weighted by molar-refractivity contribution is -0.127. The topological polar surface area (TPSA) is 17.1 Å². The molecule has 0 N–H and O–H groups in total. The van der Waals surface area contributed by atoms with Crippen molar-refractivity contribution >= 4 is 30.8 Å². The molecule has 13 heavy (non-hydrogen) atoms. The highest BCUT2D eigenvalue weighted by atomic mass is 79.9. The van der Waals surface area contributed by atoms with Crippen LogP contribution in [0.15, 0.2) is 0 Å². The summed E-state index contributed by atoms with van der Waals surface area (Å²) < 4.78 is 0. The first-order valence-corrected chi connectivity index (χ1v) is 7.64. The summed E-state index contributed by atoms with van der Waals surface area (Å²) in [5.41, 5.74) is 0.233. The van der Waals surface area contributed by atoms with Gasteiger partial charge in [0, 0.05) is 17.6 Å². The summed E-state index contributed by atoms with van der Waals surface area (Å²) in [4.78, 5) is 11.9. The fourth-order valence-corrected chi connectivity index (χ4v) is 5.24. The number of hydrogen-bond acceptors (Lipinski definition) is 2. The predicted octanol–water partition coefficient (Wildman–Crippen LogP) is 3.42. The second-order valence-electron chi connectivity index (χ2n) is 4.92. The zero-order chi connectivity index (χ0) is 9.69. The largest absolute Gasteiger partial charge is 0.299 e. The number of hydrogen-bond donors (Lipinski definition) is 0. The minimum absolute atomic E-state index is 0.00810. The van der Waals surface area contributed by atoms with Gasteiger partial charge in [-0.15, -0.1) is 0 Å². The van der Waals surface area contributed by atoms with Gasteiger partial charge in [-0.3, -0.25) is 4.79 Å². The van der Waals surface area contributed by atoms with Gasteiger partial charge in [-0.2, -0.15) is 0 Å². The van der Waals surface area contributed by atoms with E-state index < -0.39 is 0 Å². The van der Waals surface area contributed by atoms with E-state index in [-0.39, 0.29) is 10.8 Å². The molecule has 0 aromatic rings. The molecule has 0 heterocycles. The molecule has 1 nitrogen and oxygen atoms in total. The van der Waals surface area contributed by atoms with Crippen molar-refractivity contribution in [3.63, 3.8) is 0 Å². The van der Waals surface area contributed by atoms with Crippen LogP contribution in [0.4, 0.5) is 0 Å². The summed E-state index contributed by atoms with van der Waals surface area (Å²) in [5.74, 6) is 2.12. The molecule has 2 aliphatic carbocycles. The van der Waals surface area contributed by atoms with E-state index in [1.54, 1.807) is 10.2 Å². The molecule has 2 saturated carbocycles. The fourth-order valence-electron chi connectivity index (χ4n) is 3.20. The number of Topliss-reactive ketones (excluding diaryl/α,β-unsaturated/α-hetero) is 1. The zero-order valence-corrected chi connectivity index (χ0v) is 10.5. The number of ketones is 1. The van der Waals surface area contributed by atoms with Crippen LogP contribution in [0.5, 0.6) is 0 Å². The van der Waals surface area contributed by atoms with E-state index in [0.29, 0.717) is 11.7 Å². The average Bonchev–Trinajstić information content (AvgIpc) is 2.38. The van der Waals surface area contributed by atoms with Gasteiger partial charge in [-0.1, -0.05) is 24.0 Å². The van der Waals surface area contributed by atoms with Gasteiger partial charge < -0.3 is 0 Å². The maximum Gasteiger partial charge on any atom is 0.140 e. The van der Waals surface area contributed by atoms with Crippen molar-refractivity contribution in [2.45, 2.75) is 33.1 Å². The van der Waals surface area contributed by atoms with Crippen LogP contribution in [0.25, 0.3) is 0 Å². The zero-order valence-electron chi connectivity index (χ0n) is 8.10. The minimum Gasteiger partial charge on any atom is -0.299 e. The summed E-state index contributed by atoms with van der Waals surface area (Å²) in [6.07, 6.45) is 3.20. The molecule has 0 spiro atoms. The van der Waals surface area contributed by atoms with Crippen molar-refractivity contribution < 1.29 is 4.79 Å². The van der Waals surface area contributed by atoms with Crippen molar-refractivity contribution in [3.8, 4) is 0 Å². The van der Waals surface area contributed by atoms with Crippen molar-refractivity contribution in [3.05, 3.63) is 0 Å². The van der Waals surface area contributed by atoms with Gasteiger partial charge in [-0.25, -0.2) is 0 Å². The first-order valence-electron chi connectivity index (χ1n) is 4.81. The molecule has 0 aromatic carbocycles. The molecule has 0 radical (unpaired) electrons. The van der Waals surface area contributed by atoms with Gasteiger partial charge >= 0.3 is 0 Å². The van der Waals surface area contributed by atoms with Crippen LogP contribution >= 0.6 is 25.0 Å². The van der Waals surface area contributed by atoms with Gasteiger partial charge in [0.15, 0.2) is 0 Å².